The van der Waals surface area contributed by atoms with Crippen LogP contribution < -0.4 is 5.73 Å². The molecule has 2 N–H and O–H groups in total. The van der Waals surface area contributed by atoms with Crippen LogP contribution in [0.3, 0.4) is 0 Å². The first-order chi connectivity index (χ1) is 9.33. The van der Waals surface area contributed by atoms with Crippen molar-refractivity contribution in [2.24, 2.45) is 5.73 Å². The summed E-state index contributed by atoms with van der Waals surface area (Å²) < 4.78 is 5.84. The van der Waals surface area contributed by atoms with E-state index in [4.69, 9.17) is 10.5 Å². The number of hydrogen-bond acceptors (Lipinski definition) is 4. The van der Waals surface area contributed by atoms with Gasteiger partial charge in [0.15, 0.2) is 0 Å². The van der Waals surface area contributed by atoms with Crippen molar-refractivity contribution in [3.05, 3.63) is 0 Å². The zero-order chi connectivity index (χ0) is 13.5. The third-order valence-corrected chi connectivity index (χ3v) is 4.63. The van der Waals surface area contributed by atoms with E-state index in [1.165, 1.54) is 51.9 Å². The number of nitrogens with two attached hydrogens (primary N) is 1. The van der Waals surface area contributed by atoms with Gasteiger partial charge in [0.1, 0.15) is 0 Å². The van der Waals surface area contributed by atoms with Gasteiger partial charge in [0.25, 0.3) is 0 Å². The summed E-state index contributed by atoms with van der Waals surface area (Å²) in [6, 6.07) is 0.693. The molecule has 0 aromatic heterocycles. The average Bonchev–Trinajstić information content (AvgIpc) is 2.47. The zero-order valence-corrected chi connectivity index (χ0v) is 12.5. The van der Waals surface area contributed by atoms with Crippen molar-refractivity contribution >= 4 is 0 Å². The molecule has 0 radical (unpaired) electrons. The minimum Gasteiger partial charge on any atom is -0.377 e. The van der Waals surface area contributed by atoms with E-state index in [0.29, 0.717) is 12.1 Å². The molecule has 0 spiro atoms. The summed E-state index contributed by atoms with van der Waals surface area (Å²) in [5.74, 6) is 0. The van der Waals surface area contributed by atoms with Crippen molar-refractivity contribution in [2.75, 3.05) is 45.9 Å². The summed E-state index contributed by atoms with van der Waals surface area (Å²) in [7, 11) is 0. The molecule has 0 saturated carbocycles. The second-order valence-corrected chi connectivity index (χ2v) is 5.96. The highest BCUT2D eigenvalue weighted by Crippen LogP contribution is 2.16. The fourth-order valence-electron chi connectivity index (χ4n) is 3.39. The van der Waals surface area contributed by atoms with E-state index < -0.39 is 0 Å². The Morgan fingerprint density at radius 1 is 1.21 bits per heavy atom. The number of nitrogens with zero attached hydrogens (tertiary/aromatic N) is 2. The van der Waals surface area contributed by atoms with Crippen molar-refractivity contribution in [2.45, 2.75) is 51.2 Å². The lowest BCUT2D eigenvalue weighted by molar-refractivity contribution is -0.0173. The molecule has 0 aromatic carbocycles. The SMILES string of the molecule is CCC(CCN)N1CCN(CC2CCCCO2)CC1. The Bertz CT molecular complexity index is 236. The molecule has 2 aliphatic rings. The largest absolute Gasteiger partial charge is 0.377 e. The molecule has 0 aromatic rings. The van der Waals surface area contributed by atoms with E-state index in [9.17, 15) is 0 Å². The maximum absolute atomic E-state index is 5.84. The van der Waals surface area contributed by atoms with E-state index >= 15 is 0 Å². The van der Waals surface area contributed by atoms with Crippen molar-refractivity contribution in [3.8, 4) is 0 Å². The average molecular weight is 269 g/mol. The highest BCUT2D eigenvalue weighted by atomic mass is 16.5. The predicted molar refractivity (Wildman–Crippen MR) is 79.4 cm³/mol. The zero-order valence-electron chi connectivity index (χ0n) is 12.5. The van der Waals surface area contributed by atoms with Crippen molar-refractivity contribution in [1.29, 1.82) is 0 Å². The maximum atomic E-state index is 5.84. The molecule has 2 fully saturated rings. The molecule has 2 aliphatic heterocycles. The van der Waals surface area contributed by atoms with Crippen LogP contribution >= 0.6 is 0 Å². The van der Waals surface area contributed by atoms with Crippen LogP contribution in [0.2, 0.25) is 0 Å². The summed E-state index contributed by atoms with van der Waals surface area (Å²) in [4.78, 5) is 5.22. The van der Waals surface area contributed by atoms with Crippen LogP contribution in [0, 0.1) is 0 Å². The van der Waals surface area contributed by atoms with Gasteiger partial charge in [-0.3, -0.25) is 9.80 Å². The van der Waals surface area contributed by atoms with Gasteiger partial charge in [-0.15, -0.1) is 0 Å². The van der Waals surface area contributed by atoms with Gasteiger partial charge >= 0.3 is 0 Å². The first-order valence-corrected chi connectivity index (χ1v) is 8.11. The third kappa shape index (κ3) is 4.71. The molecule has 112 valence electrons. The highest BCUT2D eigenvalue weighted by molar-refractivity contribution is 4.80. The van der Waals surface area contributed by atoms with Gasteiger partial charge in [-0.1, -0.05) is 6.92 Å². The second-order valence-electron chi connectivity index (χ2n) is 5.96. The highest BCUT2D eigenvalue weighted by Gasteiger charge is 2.24. The third-order valence-electron chi connectivity index (χ3n) is 4.63. The molecule has 2 heterocycles. The van der Waals surface area contributed by atoms with Gasteiger partial charge in [-0.2, -0.15) is 0 Å². The van der Waals surface area contributed by atoms with Crippen molar-refractivity contribution in [3.63, 3.8) is 0 Å². The first-order valence-electron chi connectivity index (χ1n) is 8.11. The van der Waals surface area contributed by atoms with Crippen LogP contribution in [0.1, 0.15) is 39.0 Å². The summed E-state index contributed by atoms with van der Waals surface area (Å²) in [5.41, 5.74) is 5.71. The lowest BCUT2D eigenvalue weighted by atomic mass is 10.1. The smallest absolute Gasteiger partial charge is 0.0702 e. The molecule has 2 atom stereocenters. The van der Waals surface area contributed by atoms with E-state index in [2.05, 4.69) is 16.7 Å². The molecule has 19 heavy (non-hydrogen) atoms. The summed E-state index contributed by atoms with van der Waals surface area (Å²) >= 11 is 0. The Morgan fingerprint density at radius 3 is 2.58 bits per heavy atom. The van der Waals surface area contributed by atoms with E-state index in [0.717, 1.165) is 26.1 Å². The van der Waals surface area contributed by atoms with E-state index in [1.54, 1.807) is 0 Å². The standard InChI is InChI=1S/C15H31N3O/c1-2-14(6-7-16)18-10-8-17(9-11-18)13-15-5-3-4-12-19-15/h14-15H,2-13,16H2,1H3. The normalized spacial score (nSPS) is 28.4. The van der Waals surface area contributed by atoms with Gasteiger partial charge in [-0.25, -0.2) is 0 Å². The summed E-state index contributed by atoms with van der Waals surface area (Å²) in [6.45, 7) is 10.00. The Kier molecular flexibility index (Phi) is 6.57. The maximum Gasteiger partial charge on any atom is 0.0702 e. The molecule has 2 saturated heterocycles. The van der Waals surface area contributed by atoms with E-state index in [-0.39, 0.29) is 0 Å². The van der Waals surface area contributed by atoms with Crippen LogP contribution in [0.25, 0.3) is 0 Å². The van der Waals surface area contributed by atoms with E-state index in [1.807, 2.05) is 0 Å². The molecule has 0 aliphatic carbocycles. The lowest BCUT2D eigenvalue weighted by Gasteiger charge is -2.40. The molecule has 0 bridgehead atoms. The molecule has 2 rings (SSSR count). The Hall–Kier alpha value is -0.160. The second kappa shape index (κ2) is 8.20. The predicted octanol–water partition coefficient (Wildman–Crippen LogP) is 1.30. The van der Waals surface area contributed by atoms with Crippen molar-refractivity contribution < 1.29 is 4.74 Å². The summed E-state index contributed by atoms with van der Waals surface area (Å²) in [5, 5.41) is 0. The number of hydrogen-bond donors (Lipinski definition) is 1. The summed E-state index contributed by atoms with van der Waals surface area (Å²) in [6.07, 6.45) is 6.71. The quantitative estimate of drug-likeness (QED) is 0.789. The monoisotopic (exact) mass is 269 g/mol. The molecule has 4 heteroatoms. The number of piperazine rings is 1. The Morgan fingerprint density at radius 2 is 2.00 bits per heavy atom. The number of rotatable bonds is 6. The van der Waals surface area contributed by atoms with Crippen LogP contribution in [0.15, 0.2) is 0 Å². The number of ether oxygens (including phenoxy) is 1. The van der Waals surface area contributed by atoms with Crippen LogP contribution in [0.5, 0.6) is 0 Å². The minimum absolute atomic E-state index is 0.492. The first kappa shape index (κ1) is 15.2. The van der Waals surface area contributed by atoms with Gasteiger partial charge < -0.3 is 10.5 Å². The van der Waals surface area contributed by atoms with Crippen LogP contribution in [-0.2, 0) is 4.74 Å². The van der Waals surface area contributed by atoms with Gasteiger partial charge in [0.05, 0.1) is 6.10 Å². The topological polar surface area (TPSA) is 41.7 Å². The molecule has 4 nitrogen and oxygen atoms in total. The fourth-order valence-corrected chi connectivity index (χ4v) is 3.39. The minimum atomic E-state index is 0.492. The van der Waals surface area contributed by atoms with Crippen LogP contribution in [-0.4, -0.2) is 67.8 Å². The molecular formula is C15H31N3O. The Labute approximate surface area is 118 Å². The molecule has 0 amide bonds. The van der Waals surface area contributed by atoms with Crippen LogP contribution in [0.4, 0.5) is 0 Å². The van der Waals surface area contributed by atoms with Gasteiger partial charge in [0.2, 0.25) is 0 Å². The fraction of sp³-hybridized carbons (Fsp3) is 1.00. The molecule has 2 unspecified atom stereocenters. The van der Waals surface area contributed by atoms with Crippen molar-refractivity contribution in [1.82, 2.24) is 9.80 Å². The Balaban J connectivity index is 1.69. The lowest BCUT2D eigenvalue weighted by Crippen LogP contribution is -2.52. The van der Waals surface area contributed by atoms with Gasteiger partial charge in [-0.05, 0) is 38.6 Å². The van der Waals surface area contributed by atoms with Gasteiger partial charge in [0, 0.05) is 45.4 Å². The molecular weight excluding hydrogens is 238 g/mol.